The lowest BCUT2D eigenvalue weighted by Gasteiger charge is -2.13. The van der Waals surface area contributed by atoms with E-state index in [-0.39, 0.29) is 18.0 Å². The first-order valence-electron chi connectivity index (χ1n) is 10.5. The predicted molar refractivity (Wildman–Crippen MR) is 123 cm³/mol. The van der Waals surface area contributed by atoms with E-state index in [1.54, 1.807) is 27.7 Å². The second-order valence-electron chi connectivity index (χ2n) is 7.76. The monoisotopic (exact) mass is 414 g/mol. The first-order valence-corrected chi connectivity index (χ1v) is 10.5. The van der Waals surface area contributed by atoms with Gasteiger partial charge in [0.25, 0.3) is 5.56 Å². The summed E-state index contributed by atoms with van der Waals surface area (Å²) in [5.41, 5.74) is 4.53. The van der Waals surface area contributed by atoms with Crippen LogP contribution in [-0.4, -0.2) is 26.8 Å². The Morgan fingerprint density at radius 3 is 2.58 bits per heavy atom. The van der Waals surface area contributed by atoms with Gasteiger partial charge in [0.15, 0.2) is 5.65 Å². The van der Waals surface area contributed by atoms with Gasteiger partial charge in [-0.15, -0.1) is 0 Å². The van der Waals surface area contributed by atoms with Crippen LogP contribution in [-0.2, 0) is 17.8 Å². The third-order valence-electron chi connectivity index (χ3n) is 5.53. The molecule has 0 aliphatic heterocycles. The molecule has 6 nitrogen and oxygen atoms in total. The van der Waals surface area contributed by atoms with Gasteiger partial charge in [-0.05, 0) is 67.6 Å². The van der Waals surface area contributed by atoms with Gasteiger partial charge < -0.3 is 5.32 Å². The van der Waals surface area contributed by atoms with Crippen LogP contribution in [0.25, 0.3) is 16.7 Å². The quantitative estimate of drug-likeness (QED) is 0.470. The van der Waals surface area contributed by atoms with E-state index in [1.807, 2.05) is 50.2 Å². The lowest BCUT2D eigenvalue weighted by molar-refractivity contribution is -0.121. The van der Waals surface area contributed by atoms with Crippen molar-refractivity contribution in [2.24, 2.45) is 0 Å². The number of hydrogen-bond donors (Lipinski definition) is 1. The first-order chi connectivity index (χ1) is 15.0. The minimum Gasteiger partial charge on any atom is -0.354 e. The molecule has 0 aliphatic rings. The largest absolute Gasteiger partial charge is 0.354 e. The molecular formula is C25H26N4O2. The number of carbonyl (C=O) groups is 1. The van der Waals surface area contributed by atoms with Gasteiger partial charge in [0.05, 0.1) is 11.1 Å². The molecule has 1 N–H and O–H groups in total. The number of aromatic nitrogens is 3. The summed E-state index contributed by atoms with van der Waals surface area (Å²) >= 11 is 0. The summed E-state index contributed by atoms with van der Waals surface area (Å²) < 4.78 is 3.21. The van der Waals surface area contributed by atoms with Gasteiger partial charge in [0, 0.05) is 12.7 Å². The molecule has 4 aromatic rings. The van der Waals surface area contributed by atoms with Crippen molar-refractivity contribution in [1.82, 2.24) is 19.7 Å². The molecule has 1 amide bonds. The first kappa shape index (κ1) is 20.6. The van der Waals surface area contributed by atoms with Gasteiger partial charge in [-0.1, -0.05) is 36.4 Å². The molecule has 0 bridgehead atoms. The molecule has 0 fully saturated rings. The highest BCUT2D eigenvalue weighted by atomic mass is 16.2. The van der Waals surface area contributed by atoms with E-state index >= 15 is 0 Å². The SMILES string of the molecule is Cc1ccc(-n2c(=O)c3cccnc3n2CC(=O)NCCCc2ccccc2)cc1C. The standard InChI is InChI=1S/C25H26N4O2/c1-18-12-13-21(16-19(18)2)29-25(31)22-11-7-15-27-24(22)28(29)17-23(30)26-14-6-10-20-8-4-3-5-9-20/h3-5,7-9,11-13,15-16H,6,10,14,17H2,1-2H3,(H,26,30). The van der Waals surface area contributed by atoms with Crippen LogP contribution in [0, 0.1) is 13.8 Å². The molecule has 2 aromatic carbocycles. The third-order valence-corrected chi connectivity index (χ3v) is 5.53. The van der Waals surface area contributed by atoms with Crippen LogP contribution in [0.1, 0.15) is 23.1 Å². The number of carbonyl (C=O) groups excluding carboxylic acids is 1. The smallest absolute Gasteiger partial charge is 0.280 e. The average molecular weight is 415 g/mol. The van der Waals surface area contributed by atoms with Crippen molar-refractivity contribution < 1.29 is 4.79 Å². The molecule has 0 spiro atoms. The van der Waals surface area contributed by atoms with Crippen LogP contribution < -0.4 is 10.9 Å². The number of nitrogens with one attached hydrogen (secondary N) is 1. The lowest BCUT2D eigenvalue weighted by Crippen LogP contribution is -2.32. The number of aryl methyl sites for hydroxylation is 3. The predicted octanol–water partition coefficient (Wildman–Crippen LogP) is 3.55. The molecule has 0 saturated heterocycles. The average Bonchev–Trinajstić information content (AvgIpc) is 3.06. The van der Waals surface area contributed by atoms with Crippen molar-refractivity contribution in [1.29, 1.82) is 0 Å². The minimum absolute atomic E-state index is 0.0218. The second-order valence-corrected chi connectivity index (χ2v) is 7.76. The maximum absolute atomic E-state index is 13.1. The Morgan fingerprint density at radius 2 is 1.81 bits per heavy atom. The van der Waals surface area contributed by atoms with E-state index in [1.165, 1.54) is 5.56 Å². The second kappa shape index (κ2) is 9.00. The van der Waals surface area contributed by atoms with Gasteiger partial charge in [-0.25, -0.2) is 9.67 Å². The van der Waals surface area contributed by atoms with E-state index in [4.69, 9.17) is 0 Å². The molecule has 0 aliphatic carbocycles. The number of fused-ring (bicyclic) bond motifs is 1. The zero-order valence-electron chi connectivity index (χ0n) is 17.8. The molecular weight excluding hydrogens is 388 g/mol. The highest BCUT2D eigenvalue weighted by Gasteiger charge is 2.18. The van der Waals surface area contributed by atoms with E-state index in [0.717, 1.165) is 29.7 Å². The Bertz CT molecular complexity index is 1270. The van der Waals surface area contributed by atoms with E-state index in [0.29, 0.717) is 17.6 Å². The Labute approximate surface area is 181 Å². The van der Waals surface area contributed by atoms with Crippen molar-refractivity contribution in [2.75, 3.05) is 6.54 Å². The molecule has 0 saturated carbocycles. The summed E-state index contributed by atoms with van der Waals surface area (Å²) in [5, 5.41) is 3.47. The Balaban J connectivity index is 1.55. The van der Waals surface area contributed by atoms with Gasteiger partial charge in [0.1, 0.15) is 6.54 Å². The highest BCUT2D eigenvalue weighted by molar-refractivity contribution is 5.80. The Hall–Kier alpha value is -3.67. The zero-order valence-corrected chi connectivity index (χ0v) is 17.8. The van der Waals surface area contributed by atoms with Crippen molar-refractivity contribution in [3.05, 3.63) is 93.9 Å². The molecule has 31 heavy (non-hydrogen) atoms. The summed E-state index contributed by atoms with van der Waals surface area (Å²) in [7, 11) is 0. The zero-order chi connectivity index (χ0) is 21.8. The number of hydrogen-bond acceptors (Lipinski definition) is 3. The molecule has 2 aromatic heterocycles. The van der Waals surface area contributed by atoms with Crippen LogP contribution in [0.5, 0.6) is 0 Å². The molecule has 2 heterocycles. The number of rotatable bonds is 7. The third kappa shape index (κ3) is 4.43. The fourth-order valence-electron chi connectivity index (χ4n) is 3.70. The summed E-state index contributed by atoms with van der Waals surface area (Å²) in [6.45, 7) is 4.64. The molecule has 6 heteroatoms. The Morgan fingerprint density at radius 1 is 1.00 bits per heavy atom. The molecule has 158 valence electrons. The normalized spacial score (nSPS) is 11.0. The van der Waals surface area contributed by atoms with Crippen LogP contribution >= 0.6 is 0 Å². The van der Waals surface area contributed by atoms with Gasteiger partial charge in [-0.2, -0.15) is 0 Å². The van der Waals surface area contributed by atoms with E-state index in [2.05, 4.69) is 22.4 Å². The van der Waals surface area contributed by atoms with Crippen LogP contribution in [0.4, 0.5) is 0 Å². The highest BCUT2D eigenvalue weighted by Crippen LogP contribution is 2.16. The van der Waals surface area contributed by atoms with Gasteiger partial charge in [-0.3, -0.25) is 14.3 Å². The Kier molecular flexibility index (Phi) is 5.98. The van der Waals surface area contributed by atoms with Crippen LogP contribution in [0.2, 0.25) is 0 Å². The van der Waals surface area contributed by atoms with E-state index < -0.39 is 0 Å². The summed E-state index contributed by atoms with van der Waals surface area (Å²) in [6, 6.07) is 19.5. The van der Waals surface area contributed by atoms with Crippen molar-refractivity contribution in [3.8, 4) is 5.69 Å². The summed E-state index contributed by atoms with van der Waals surface area (Å²) in [6.07, 6.45) is 3.40. The van der Waals surface area contributed by atoms with Crippen LogP contribution in [0.15, 0.2) is 71.7 Å². The maximum Gasteiger partial charge on any atom is 0.280 e. The van der Waals surface area contributed by atoms with E-state index in [9.17, 15) is 9.59 Å². The van der Waals surface area contributed by atoms with Crippen molar-refractivity contribution in [2.45, 2.75) is 33.2 Å². The van der Waals surface area contributed by atoms with Crippen LogP contribution in [0.3, 0.4) is 0 Å². The topological polar surface area (TPSA) is 68.9 Å². The fourth-order valence-corrected chi connectivity index (χ4v) is 3.70. The minimum atomic E-state index is -0.178. The number of pyridine rings is 1. The van der Waals surface area contributed by atoms with Crippen molar-refractivity contribution >= 4 is 16.9 Å². The summed E-state index contributed by atoms with van der Waals surface area (Å²) in [4.78, 5) is 30.2. The molecule has 0 radical (unpaired) electrons. The summed E-state index contributed by atoms with van der Waals surface area (Å²) in [5.74, 6) is -0.145. The fraction of sp³-hybridized carbons (Fsp3) is 0.240. The molecule has 0 atom stereocenters. The lowest BCUT2D eigenvalue weighted by atomic mass is 10.1. The van der Waals surface area contributed by atoms with Gasteiger partial charge in [0.2, 0.25) is 5.91 Å². The van der Waals surface area contributed by atoms with Crippen molar-refractivity contribution in [3.63, 3.8) is 0 Å². The number of amides is 1. The molecule has 4 rings (SSSR count). The number of nitrogens with zero attached hydrogens (tertiary/aromatic N) is 3. The molecule has 0 unspecified atom stereocenters. The maximum atomic E-state index is 13.1. The number of benzene rings is 2. The van der Waals surface area contributed by atoms with Gasteiger partial charge >= 0.3 is 0 Å².